The first kappa shape index (κ1) is 22.9. The van der Waals surface area contributed by atoms with Crippen LogP contribution in [0.4, 0.5) is 5.13 Å². The number of ether oxygens (including phenoxy) is 2. The number of aromatic nitrogens is 1. The van der Waals surface area contributed by atoms with Crippen LogP contribution in [0.5, 0.6) is 11.5 Å². The molecule has 0 spiro atoms. The number of methoxy groups -OCH3 is 2. The lowest BCUT2D eigenvalue weighted by Crippen LogP contribution is -2.48. The van der Waals surface area contributed by atoms with Crippen LogP contribution in [0, 0.1) is 0 Å². The lowest BCUT2D eigenvalue weighted by atomic mass is 9.90. The number of aryl methyl sites for hydroxylation is 2. The molecule has 180 valence electrons. The molecular weight excluding hydrogens is 448 g/mol. The molecule has 7 nitrogen and oxygen atoms in total. The molecule has 2 heterocycles. The highest BCUT2D eigenvalue weighted by Gasteiger charge is 2.22. The van der Waals surface area contributed by atoms with Crippen LogP contribution >= 0.6 is 11.3 Å². The van der Waals surface area contributed by atoms with Crippen molar-refractivity contribution in [3.8, 4) is 11.5 Å². The normalized spacial score (nSPS) is 16.4. The van der Waals surface area contributed by atoms with Crippen molar-refractivity contribution in [2.24, 2.45) is 0 Å². The summed E-state index contributed by atoms with van der Waals surface area (Å²) in [7, 11) is 3.35. The van der Waals surface area contributed by atoms with Gasteiger partial charge < -0.3 is 19.7 Å². The second kappa shape index (κ2) is 10.2. The van der Waals surface area contributed by atoms with E-state index in [-0.39, 0.29) is 5.91 Å². The number of carbonyl (C=O) groups is 1. The number of amides is 1. The molecule has 2 aromatic carbocycles. The molecule has 1 aromatic heterocycles. The van der Waals surface area contributed by atoms with Gasteiger partial charge in [-0.15, -0.1) is 0 Å². The number of nitrogens with zero attached hydrogens (tertiary/aromatic N) is 3. The van der Waals surface area contributed by atoms with E-state index < -0.39 is 0 Å². The van der Waals surface area contributed by atoms with Gasteiger partial charge >= 0.3 is 0 Å². The molecule has 2 aliphatic rings. The fourth-order valence-corrected chi connectivity index (χ4v) is 6.00. The van der Waals surface area contributed by atoms with Crippen LogP contribution in [-0.2, 0) is 12.8 Å². The summed E-state index contributed by atoms with van der Waals surface area (Å²) in [6.07, 6.45) is 4.71. The van der Waals surface area contributed by atoms with Crippen molar-refractivity contribution in [2.45, 2.75) is 25.7 Å². The van der Waals surface area contributed by atoms with Gasteiger partial charge in [-0.25, -0.2) is 4.98 Å². The average molecular weight is 481 g/mol. The molecule has 1 amide bonds. The monoisotopic (exact) mass is 480 g/mol. The van der Waals surface area contributed by atoms with Gasteiger partial charge in [0.2, 0.25) is 0 Å². The minimum Gasteiger partial charge on any atom is -0.495 e. The second-order valence-corrected chi connectivity index (χ2v) is 9.90. The third-order valence-electron chi connectivity index (χ3n) is 6.87. The second-order valence-electron chi connectivity index (χ2n) is 8.92. The van der Waals surface area contributed by atoms with Crippen LogP contribution in [0.25, 0.3) is 10.2 Å². The van der Waals surface area contributed by atoms with E-state index in [9.17, 15) is 4.79 Å². The molecule has 0 radical (unpaired) electrons. The number of anilines is 1. The number of benzene rings is 2. The van der Waals surface area contributed by atoms with Crippen molar-refractivity contribution in [2.75, 3.05) is 58.4 Å². The first-order chi connectivity index (χ1) is 16.7. The van der Waals surface area contributed by atoms with Gasteiger partial charge in [0.1, 0.15) is 21.7 Å². The third kappa shape index (κ3) is 4.70. The van der Waals surface area contributed by atoms with Crippen LogP contribution in [0.15, 0.2) is 30.3 Å². The molecule has 1 fully saturated rings. The summed E-state index contributed by atoms with van der Waals surface area (Å²) < 4.78 is 12.0. The molecule has 1 aliphatic heterocycles. The Labute approximate surface area is 204 Å². The van der Waals surface area contributed by atoms with E-state index in [1.165, 1.54) is 24.0 Å². The van der Waals surface area contributed by atoms with E-state index in [0.29, 0.717) is 6.54 Å². The van der Waals surface area contributed by atoms with E-state index in [4.69, 9.17) is 14.5 Å². The molecule has 3 aromatic rings. The average Bonchev–Trinajstić information content (AvgIpc) is 3.34. The molecule has 1 N–H and O–H groups in total. The summed E-state index contributed by atoms with van der Waals surface area (Å²) in [6, 6.07) is 10.0. The minimum atomic E-state index is 0.0318. The molecule has 0 bridgehead atoms. The molecule has 34 heavy (non-hydrogen) atoms. The molecule has 1 saturated heterocycles. The van der Waals surface area contributed by atoms with Gasteiger partial charge in [0.05, 0.1) is 14.2 Å². The zero-order valence-corrected chi connectivity index (χ0v) is 20.7. The Kier molecular flexibility index (Phi) is 6.87. The van der Waals surface area contributed by atoms with Gasteiger partial charge in [-0.2, -0.15) is 0 Å². The van der Waals surface area contributed by atoms with Crippen molar-refractivity contribution in [1.82, 2.24) is 15.2 Å². The first-order valence-electron chi connectivity index (χ1n) is 12.0. The molecule has 8 heteroatoms. The number of thiazole rings is 1. The Hall–Kier alpha value is -2.84. The van der Waals surface area contributed by atoms with Crippen molar-refractivity contribution < 1.29 is 14.3 Å². The van der Waals surface area contributed by atoms with Crippen molar-refractivity contribution in [1.29, 1.82) is 0 Å². The molecule has 0 unspecified atom stereocenters. The predicted octanol–water partition coefficient (Wildman–Crippen LogP) is 3.74. The smallest absolute Gasteiger partial charge is 0.251 e. The van der Waals surface area contributed by atoms with Gasteiger partial charge in [-0.1, -0.05) is 17.4 Å². The molecule has 5 rings (SSSR count). The van der Waals surface area contributed by atoms with Crippen LogP contribution in [-0.4, -0.2) is 69.3 Å². The van der Waals surface area contributed by atoms with Gasteiger partial charge in [0.15, 0.2) is 5.13 Å². The summed E-state index contributed by atoms with van der Waals surface area (Å²) >= 11 is 1.65. The Morgan fingerprint density at radius 1 is 1.00 bits per heavy atom. The van der Waals surface area contributed by atoms with Crippen LogP contribution < -0.4 is 19.7 Å². The van der Waals surface area contributed by atoms with Crippen molar-refractivity contribution in [3.63, 3.8) is 0 Å². The lowest BCUT2D eigenvalue weighted by Gasteiger charge is -2.34. The molecular formula is C26H32N4O3S. The van der Waals surface area contributed by atoms with E-state index in [1.54, 1.807) is 25.6 Å². The number of carbonyl (C=O) groups excluding carboxylic acids is 1. The largest absolute Gasteiger partial charge is 0.495 e. The number of piperazine rings is 1. The topological polar surface area (TPSA) is 66.9 Å². The summed E-state index contributed by atoms with van der Waals surface area (Å²) in [6.45, 7) is 5.21. The van der Waals surface area contributed by atoms with Gasteiger partial charge in [-0.05, 0) is 61.1 Å². The highest BCUT2D eigenvalue weighted by molar-refractivity contribution is 7.22. The Bertz CT molecular complexity index is 1130. The fraction of sp³-hybridized carbons (Fsp3) is 0.462. The Morgan fingerprint density at radius 3 is 2.50 bits per heavy atom. The van der Waals surface area contributed by atoms with Crippen LogP contribution in [0.3, 0.4) is 0 Å². The molecule has 1 aliphatic carbocycles. The van der Waals surface area contributed by atoms with E-state index >= 15 is 0 Å². The van der Waals surface area contributed by atoms with Crippen LogP contribution in [0.1, 0.15) is 34.3 Å². The Morgan fingerprint density at radius 2 is 1.74 bits per heavy atom. The standard InChI is InChI=1S/C26H32N4O3S/c1-32-21-9-10-22(33-2)24-23(21)28-26(34-24)30-15-13-29(14-16-30)12-11-27-25(31)20-8-7-18-5-3-4-6-19(18)17-20/h7-10,17H,3-6,11-16H2,1-2H3,(H,27,31). The molecule has 0 saturated carbocycles. The highest BCUT2D eigenvalue weighted by Crippen LogP contribution is 2.40. The number of rotatable bonds is 7. The number of hydrogen-bond donors (Lipinski definition) is 1. The summed E-state index contributed by atoms with van der Waals surface area (Å²) in [5.74, 6) is 1.63. The van der Waals surface area contributed by atoms with E-state index in [2.05, 4.69) is 27.2 Å². The maximum Gasteiger partial charge on any atom is 0.251 e. The summed E-state index contributed by atoms with van der Waals surface area (Å²) in [5.41, 5.74) is 4.40. The van der Waals surface area contributed by atoms with Gasteiger partial charge in [0.25, 0.3) is 5.91 Å². The van der Waals surface area contributed by atoms with E-state index in [1.807, 2.05) is 18.2 Å². The van der Waals surface area contributed by atoms with E-state index in [0.717, 1.165) is 78.0 Å². The fourth-order valence-electron chi connectivity index (χ4n) is 4.88. The van der Waals surface area contributed by atoms with Crippen molar-refractivity contribution >= 4 is 32.6 Å². The number of hydrogen-bond acceptors (Lipinski definition) is 7. The maximum absolute atomic E-state index is 12.6. The molecule has 0 atom stereocenters. The third-order valence-corrected chi connectivity index (χ3v) is 8.00. The first-order valence-corrected chi connectivity index (χ1v) is 12.9. The number of fused-ring (bicyclic) bond motifs is 2. The van der Waals surface area contributed by atoms with Crippen molar-refractivity contribution in [3.05, 3.63) is 47.0 Å². The summed E-state index contributed by atoms with van der Waals surface area (Å²) in [4.78, 5) is 22.2. The highest BCUT2D eigenvalue weighted by atomic mass is 32.1. The zero-order chi connectivity index (χ0) is 23.5. The minimum absolute atomic E-state index is 0.0318. The summed E-state index contributed by atoms with van der Waals surface area (Å²) in [5, 5.41) is 4.11. The SMILES string of the molecule is COc1ccc(OC)c2sc(N3CCN(CCNC(=O)c4ccc5c(c4)CCCC5)CC3)nc12. The predicted molar refractivity (Wildman–Crippen MR) is 137 cm³/mol. The van der Waals surface area contributed by atoms with Gasteiger partial charge in [0, 0.05) is 44.8 Å². The Balaban J connectivity index is 1.13. The lowest BCUT2D eigenvalue weighted by molar-refractivity contribution is 0.0947. The zero-order valence-electron chi connectivity index (χ0n) is 19.9. The quantitative estimate of drug-likeness (QED) is 0.556. The van der Waals surface area contributed by atoms with Gasteiger partial charge in [-0.3, -0.25) is 9.69 Å². The maximum atomic E-state index is 12.6. The van der Waals surface area contributed by atoms with Crippen LogP contribution in [0.2, 0.25) is 0 Å². The number of nitrogens with one attached hydrogen (secondary N) is 1.